The van der Waals surface area contributed by atoms with Gasteiger partial charge in [-0.3, -0.25) is 36.4 Å². The van der Waals surface area contributed by atoms with E-state index in [0.717, 1.165) is 0 Å². The third-order valence-electron chi connectivity index (χ3n) is 18.5. The van der Waals surface area contributed by atoms with Crippen molar-refractivity contribution in [1.29, 1.82) is 0 Å². The number of hydrogen-bond donors (Lipinski definition) is 24. The van der Waals surface area contributed by atoms with Crippen molar-refractivity contribution in [3.63, 3.8) is 0 Å². The molecule has 30 fully saturated rings. The number of aliphatic hydroxyl groups is 16. The van der Waals surface area contributed by atoms with Gasteiger partial charge >= 0.3 is 83.2 Å². The third kappa shape index (κ3) is 26.9. The van der Waals surface area contributed by atoms with Crippen LogP contribution in [0.3, 0.4) is 0 Å². The molecule has 30 heterocycles. The van der Waals surface area contributed by atoms with Crippen molar-refractivity contribution >= 4 is 83.2 Å². The Balaban J connectivity index is 1.13. The van der Waals surface area contributed by atoms with Crippen LogP contribution in [0.5, 0.6) is 0 Å². The van der Waals surface area contributed by atoms with E-state index in [4.69, 9.17) is 75.8 Å². The smallest absolute Gasteiger partial charge is 0.387 e. The molecule has 30 rings (SSSR count). The zero-order valence-electron chi connectivity index (χ0n) is 59.1. The monoisotopic (exact) mass is 1940 g/mol. The number of rotatable bonds is 24. The molecule has 0 aromatic carbocycles. The molecule has 30 aliphatic heterocycles. The first-order valence-electron chi connectivity index (χ1n) is 33.4. The third-order valence-corrected chi connectivity index (χ3v) is 22.0. The first-order chi connectivity index (χ1) is 55.1. The van der Waals surface area contributed by atoms with Gasteiger partial charge in [-0.25, -0.2) is 33.5 Å². The normalized spacial score (nSPS) is 44.9. The number of ether oxygens (including phenoxy) is 16. The minimum Gasteiger partial charge on any atom is -0.387 e. The second-order valence-corrected chi connectivity index (χ2v) is 35.4. The fourth-order valence-electron chi connectivity index (χ4n) is 13.0. The van der Waals surface area contributed by atoms with Crippen LogP contribution in [0.2, 0.25) is 0 Å². The SMILES string of the molecule is O=S(=O)(O)OC[C@H]1O[C@@H]2O[C@H]3[C@H](O)[C@@H](O)[C@@H](O[C@H]4[C@H](O)[C@@H](O)[C@@H](O[C@H]5[C@H](O)[C@H](O)[C@@H](O[C@H]6[C@H](O)[C@H](O)[C@@H](O[C@H]7[C@H](O)[C@@H](O)[C@@H](O[C@H]8[C@H](O)[C@@H](O)[C@@H](O[C@H]9[C@H](O)[C@H](O)[C@@H](O[C@H]1[C@H](O)[C@@H]2O)O[C@@H]9COS(=O)(=O)O)O[C@@H]8COS(=O)(=O)O)O[C@@H]7COS(=O)(=O)O)O[C@@H]6COS(=O)(=O)O)O[C@@H]5COS(=O)(=O)O)O[C@@H]4COS(=O)(=O)O)O[C@@H]3COS(=O)(=O)O. The molecular formula is C48H80O64S8. The van der Waals surface area contributed by atoms with Crippen molar-refractivity contribution in [1.82, 2.24) is 0 Å². The lowest BCUT2D eigenvalue weighted by Crippen LogP contribution is -2.69. The number of hydrogen-bond acceptors (Lipinski definition) is 56. The van der Waals surface area contributed by atoms with Crippen LogP contribution in [0.15, 0.2) is 0 Å². The van der Waals surface area contributed by atoms with Gasteiger partial charge in [-0.2, -0.15) is 67.3 Å². The molecule has 704 valence electrons. The van der Waals surface area contributed by atoms with Crippen molar-refractivity contribution < 1.29 is 295 Å². The van der Waals surface area contributed by atoms with Crippen molar-refractivity contribution in [2.75, 3.05) is 52.9 Å². The molecule has 72 heteroatoms. The Labute approximate surface area is 673 Å². The largest absolute Gasteiger partial charge is 0.397 e. The van der Waals surface area contributed by atoms with Gasteiger partial charge < -0.3 is 157 Å². The van der Waals surface area contributed by atoms with Gasteiger partial charge in [-0.05, 0) is 0 Å². The lowest BCUT2D eigenvalue weighted by Gasteiger charge is -2.51. The zero-order valence-corrected chi connectivity index (χ0v) is 65.6. The summed E-state index contributed by atoms with van der Waals surface area (Å²) in [4.78, 5) is 0. The Morgan fingerprint density at radius 1 is 0.150 bits per heavy atom. The standard InChI is InChI=1S/C48H80O64S8/c49-17-25(57)41-97-9(1-89-113(65,66)67)33(17)105-42-26(58)18(50)35(11(98-42)3-91-115(71,72)73)107-44-28(60)20(52)37(13(100-44)5-93-117(77,78)79)109-46-30(62)22(54)39(15(102-46)7-95-119(83,84)85)111-48-32(64)24(56)40(16(104-48)8-96-120(86,87)88)112-47-31(63)23(55)38(14(103-47)6-94-118(80,81)82)110-45-29(61)21(53)36(12(101-45)4-92-116(74,75)76)108-43-27(59)19(51)34(106-41)10(99-43)2-90-114(68,69)70/h9-64H,1-8H2,(H,65,66,67)(H,68,69,70)(H,71,72,73)(H,74,75,76)(H,77,78,79)(H,80,81,82)(H,83,84,85)(H,86,87,88)/t9-,10-,11-,12-,13-,14-,15-,16-,17-,18-,19-,20-,21-,22-,23-,24-,25-,26-,27+,28+,29+,30+,31-,32-,33-,34-,35-,36-,37-,38-,39-,40-,41-,42-,43-,44-,45-,46-,47-,48-/m1/s1. The van der Waals surface area contributed by atoms with Gasteiger partial charge in [0.05, 0.1) is 52.9 Å². The maximum Gasteiger partial charge on any atom is 0.397 e. The van der Waals surface area contributed by atoms with Crippen LogP contribution in [0.25, 0.3) is 0 Å². The average molecular weight is 1940 g/mol. The Morgan fingerprint density at radius 2 is 0.233 bits per heavy atom. The molecule has 0 radical (unpaired) electrons. The molecule has 120 heavy (non-hydrogen) atoms. The summed E-state index contributed by atoms with van der Waals surface area (Å²) in [6.07, 6.45) is -109. The van der Waals surface area contributed by atoms with E-state index < -0.39 is 382 Å². The molecule has 24 N–H and O–H groups in total. The molecule has 64 nitrogen and oxygen atoms in total. The van der Waals surface area contributed by atoms with Gasteiger partial charge in [-0.15, -0.1) is 0 Å². The van der Waals surface area contributed by atoms with Gasteiger partial charge in [0.2, 0.25) is 0 Å². The Morgan fingerprint density at radius 3 is 0.308 bits per heavy atom. The van der Waals surface area contributed by atoms with Crippen molar-refractivity contribution in [2.24, 2.45) is 0 Å². The van der Waals surface area contributed by atoms with Crippen molar-refractivity contribution in [3.8, 4) is 0 Å². The summed E-state index contributed by atoms with van der Waals surface area (Å²) in [5.74, 6) is 0. The average Bonchev–Trinajstić information content (AvgIpc) is 0.772. The topological polar surface area (TPSA) is 980 Å². The summed E-state index contributed by atoms with van der Waals surface area (Å²) in [7, 11) is -45.8. The minimum absolute atomic E-state index is 1.70. The molecule has 0 aromatic heterocycles. The molecule has 0 aliphatic carbocycles. The van der Waals surface area contributed by atoms with Gasteiger partial charge in [0.25, 0.3) is 0 Å². The van der Waals surface area contributed by atoms with Crippen LogP contribution in [0.4, 0.5) is 0 Å². The summed E-state index contributed by atoms with van der Waals surface area (Å²) >= 11 is 0. The highest BCUT2D eigenvalue weighted by molar-refractivity contribution is 7.82. The Bertz CT molecular complexity index is 3530. The van der Waals surface area contributed by atoms with Crippen LogP contribution >= 0.6 is 0 Å². The fraction of sp³-hybridized carbons (Fsp3) is 1.00. The van der Waals surface area contributed by atoms with E-state index in [9.17, 15) is 185 Å². The van der Waals surface area contributed by atoms with Crippen LogP contribution in [0, 0.1) is 0 Å². The number of aliphatic hydroxyl groups excluding tert-OH is 16. The second kappa shape index (κ2) is 40.0. The summed E-state index contributed by atoms with van der Waals surface area (Å²) in [5.41, 5.74) is 0. The van der Waals surface area contributed by atoms with Gasteiger partial charge in [0.1, 0.15) is 195 Å². The molecule has 30 saturated heterocycles. The Hall–Kier alpha value is -2.32. The predicted molar refractivity (Wildman–Crippen MR) is 344 cm³/mol. The highest BCUT2D eigenvalue weighted by atomic mass is 32.3. The van der Waals surface area contributed by atoms with Crippen LogP contribution in [-0.4, -0.2) is 484 Å². The molecule has 0 amide bonds. The molecule has 30 aliphatic rings. The quantitative estimate of drug-likeness (QED) is 0.0399. The highest BCUT2D eigenvalue weighted by Crippen LogP contribution is 2.41. The first-order valence-corrected chi connectivity index (χ1v) is 44.3. The van der Waals surface area contributed by atoms with E-state index in [1.54, 1.807) is 0 Å². The first kappa shape index (κ1) is 101. The van der Waals surface area contributed by atoms with E-state index in [-0.39, 0.29) is 0 Å². The summed E-state index contributed by atoms with van der Waals surface area (Å²) in [6, 6.07) is 0. The zero-order chi connectivity index (χ0) is 89.7. The van der Waals surface area contributed by atoms with Gasteiger partial charge in [-0.1, -0.05) is 0 Å². The molecular weight excluding hydrogens is 1860 g/mol. The lowest BCUT2D eigenvalue weighted by atomic mass is 9.94. The van der Waals surface area contributed by atoms with E-state index in [0.29, 0.717) is 0 Å². The Kier molecular flexibility index (Phi) is 33.8. The summed E-state index contributed by atoms with van der Waals surface area (Å²) < 4.78 is 394. The lowest BCUT2D eigenvalue weighted by molar-refractivity contribution is -0.403. The highest BCUT2D eigenvalue weighted by Gasteiger charge is 2.62. The van der Waals surface area contributed by atoms with Crippen LogP contribution < -0.4 is 0 Å². The van der Waals surface area contributed by atoms with Crippen molar-refractivity contribution in [3.05, 3.63) is 0 Å². The van der Waals surface area contributed by atoms with Gasteiger partial charge in [0.15, 0.2) is 50.3 Å². The molecule has 0 saturated carbocycles. The van der Waals surface area contributed by atoms with Crippen LogP contribution in [-0.2, 0) is 192 Å². The van der Waals surface area contributed by atoms with Crippen LogP contribution in [0.1, 0.15) is 0 Å². The molecule has 16 bridgehead atoms. The van der Waals surface area contributed by atoms with E-state index in [2.05, 4.69) is 33.5 Å². The molecule has 0 aromatic rings. The fourth-order valence-corrected chi connectivity index (χ4v) is 15.5. The van der Waals surface area contributed by atoms with E-state index in [1.807, 2.05) is 0 Å². The van der Waals surface area contributed by atoms with Gasteiger partial charge in [0, 0.05) is 0 Å². The van der Waals surface area contributed by atoms with Crippen molar-refractivity contribution in [2.45, 2.75) is 246 Å². The predicted octanol–water partition coefficient (Wildman–Crippen LogP) is -18.8. The second-order valence-electron chi connectivity index (χ2n) is 26.7. The summed E-state index contributed by atoms with van der Waals surface area (Å²) in [6.45, 7) is -13.6. The molecule has 40 atom stereocenters. The maximum atomic E-state index is 12.0. The van der Waals surface area contributed by atoms with E-state index >= 15 is 0 Å². The molecule has 0 spiro atoms. The van der Waals surface area contributed by atoms with E-state index in [1.165, 1.54) is 0 Å². The maximum absolute atomic E-state index is 12.0. The minimum atomic E-state index is -5.73. The summed E-state index contributed by atoms with van der Waals surface area (Å²) in [5, 5.41) is 187. The molecule has 0 unspecified atom stereocenters.